The first-order valence-electron chi connectivity index (χ1n) is 12.0. The molecule has 184 valence electrons. The maximum Gasteiger partial charge on any atom is 0.272 e. The Balaban J connectivity index is 1.25. The van der Waals surface area contributed by atoms with Gasteiger partial charge in [0, 0.05) is 61.7 Å². The standard InChI is InChI=1S/C27H28ClN7O/c1-20(19-33-14-16-34(17-15-33)27-29-12-5-13-30-27)31-26(36)24-18-25(21-8-10-22(28)11-9-21)35(32-24)23-6-3-2-4-7-23/h2-13,18,20H,14-17,19H2,1H3,(H,31,36). The van der Waals surface area contributed by atoms with E-state index in [1.54, 1.807) is 17.1 Å². The number of piperazine rings is 1. The molecule has 1 fully saturated rings. The van der Waals surface area contributed by atoms with E-state index in [0.29, 0.717) is 10.7 Å². The Morgan fingerprint density at radius 3 is 2.36 bits per heavy atom. The lowest BCUT2D eigenvalue weighted by Gasteiger charge is -2.35. The van der Waals surface area contributed by atoms with Gasteiger partial charge in [0.15, 0.2) is 5.69 Å². The summed E-state index contributed by atoms with van der Waals surface area (Å²) in [6, 6.07) is 21.0. The Morgan fingerprint density at radius 1 is 0.972 bits per heavy atom. The largest absolute Gasteiger partial charge is 0.347 e. The molecule has 8 nitrogen and oxygen atoms in total. The molecule has 0 radical (unpaired) electrons. The van der Waals surface area contributed by atoms with Crippen LogP contribution in [0.2, 0.25) is 5.02 Å². The van der Waals surface area contributed by atoms with E-state index in [-0.39, 0.29) is 11.9 Å². The highest BCUT2D eigenvalue weighted by Gasteiger charge is 2.22. The first-order valence-corrected chi connectivity index (χ1v) is 12.4. The Kier molecular flexibility index (Phi) is 7.25. The van der Waals surface area contributed by atoms with Gasteiger partial charge in [-0.25, -0.2) is 14.6 Å². The second-order valence-corrected chi connectivity index (χ2v) is 9.32. The van der Waals surface area contributed by atoms with Crippen LogP contribution in [0.25, 0.3) is 16.9 Å². The molecular weight excluding hydrogens is 474 g/mol. The number of hydrogen-bond donors (Lipinski definition) is 1. The fourth-order valence-electron chi connectivity index (χ4n) is 4.40. The zero-order valence-corrected chi connectivity index (χ0v) is 20.8. The molecule has 1 aliphatic rings. The zero-order valence-electron chi connectivity index (χ0n) is 20.1. The Hall–Kier alpha value is -3.75. The van der Waals surface area contributed by atoms with Gasteiger partial charge in [0.05, 0.1) is 11.4 Å². The smallest absolute Gasteiger partial charge is 0.272 e. The highest BCUT2D eigenvalue weighted by Crippen LogP contribution is 2.25. The molecule has 1 atom stereocenters. The van der Waals surface area contributed by atoms with Crippen LogP contribution >= 0.6 is 11.6 Å². The number of aromatic nitrogens is 4. The van der Waals surface area contributed by atoms with E-state index < -0.39 is 0 Å². The highest BCUT2D eigenvalue weighted by molar-refractivity contribution is 6.30. The highest BCUT2D eigenvalue weighted by atomic mass is 35.5. The van der Waals surface area contributed by atoms with Crippen LogP contribution in [0, 0.1) is 0 Å². The molecule has 3 heterocycles. The van der Waals surface area contributed by atoms with Gasteiger partial charge in [0.25, 0.3) is 5.91 Å². The number of hydrogen-bond acceptors (Lipinski definition) is 6. The van der Waals surface area contributed by atoms with Crippen molar-refractivity contribution < 1.29 is 4.79 Å². The first kappa shape index (κ1) is 24.0. The monoisotopic (exact) mass is 501 g/mol. The van der Waals surface area contributed by atoms with E-state index >= 15 is 0 Å². The minimum Gasteiger partial charge on any atom is -0.347 e. The number of rotatable bonds is 7. The molecule has 2 aromatic heterocycles. The van der Waals surface area contributed by atoms with E-state index in [0.717, 1.165) is 55.6 Å². The second kappa shape index (κ2) is 10.9. The number of nitrogens with zero attached hydrogens (tertiary/aromatic N) is 6. The van der Waals surface area contributed by atoms with Crippen LogP contribution in [0.4, 0.5) is 5.95 Å². The molecule has 1 N–H and O–H groups in total. The van der Waals surface area contributed by atoms with Gasteiger partial charge in [-0.1, -0.05) is 41.9 Å². The maximum atomic E-state index is 13.2. The van der Waals surface area contributed by atoms with Gasteiger partial charge >= 0.3 is 0 Å². The summed E-state index contributed by atoms with van der Waals surface area (Å²) in [6.07, 6.45) is 3.54. The SMILES string of the molecule is CC(CN1CCN(c2ncccn2)CC1)NC(=O)c1cc(-c2ccc(Cl)cc2)n(-c2ccccc2)n1. The molecule has 1 amide bonds. The fourth-order valence-corrected chi connectivity index (χ4v) is 4.53. The summed E-state index contributed by atoms with van der Waals surface area (Å²) in [5.41, 5.74) is 3.02. The number of carbonyl (C=O) groups is 1. The van der Waals surface area contributed by atoms with Crippen LogP contribution in [-0.2, 0) is 0 Å². The maximum absolute atomic E-state index is 13.2. The van der Waals surface area contributed by atoms with E-state index in [4.69, 9.17) is 11.6 Å². The Bertz CT molecular complexity index is 1290. The molecule has 1 saturated heterocycles. The molecule has 2 aromatic carbocycles. The first-order chi connectivity index (χ1) is 17.6. The van der Waals surface area contributed by atoms with E-state index in [2.05, 4.69) is 30.2 Å². The van der Waals surface area contributed by atoms with Gasteiger partial charge < -0.3 is 10.2 Å². The van der Waals surface area contributed by atoms with Crippen LogP contribution in [0.3, 0.4) is 0 Å². The number of nitrogens with one attached hydrogen (secondary N) is 1. The van der Waals surface area contributed by atoms with Crippen LogP contribution in [0.5, 0.6) is 0 Å². The van der Waals surface area contributed by atoms with Crippen molar-refractivity contribution in [2.45, 2.75) is 13.0 Å². The van der Waals surface area contributed by atoms with Crippen molar-refractivity contribution in [2.24, 2.45) is 0 Å². The number of carbonyl (C=O) groups excluding carboxylic acids is 1. The third-order valence-electron chi connectivity index (χ3n) is 6.20. The van der Waals surface area contributed by atoms with Crippen molar-refractivity contribution in [3.63, 3.8) is 0 Å². The van der Waals surface area contributed by atoms with Crippen molar-refractivity contribution >= 4 is 23.5 Å². The topological polar surface area (TPSA) is 79.2 Å². The Morgan fingerprint density at radius 2 is 1.67 bits per heavy atom. The molecule has 4 aromatic rings. The van der Waals surface area contributed by atoms with Gasteiger partial charge in [0.1, 0.15) is 0 Å². The third kappa shape index (κ3) is 5.56. The molecule has 36 heavy (non-hydrogen) atoms. The molecule has 9 heteroatoms. The fraction of sp³-hybridized carbons (Fsp3) is 0.259. The quantitative estimate of drug-likeness (QED) is 0.413. The van der Waals surface area contributed by atoms with Gasteiger partial charge in [-0.05, 0) is 43.3 Å². The Labute approximate surface area is 215 Å². The number of halogens is 1. The summed E-state index contributed by atoms with van der Waals surface area (Å²) in [4.78, 5) is 26.4. The summed E-state index contributed by atoms with van der Waals surface area (Å²) in [6.45, 7) is 6.29. The zero-order chi connectivity index (χ0) is 24.9. The molecule has 0 spiro atoms. The lowest BCUT2D eigenvalue weighted by Crippen LogP contribution is -2.51. The summed E-state index contributed by atoms with van der Waals surface area (Å²) in [5.74, 6) is 0.577. The van der Waals surface area contributed by atoms with Crippen molar-refractivity contribution in [1.29, 1.82) is 0 Å². The van der Waals surface area contributed by atoms with Crippen LogP contribution in [0.15, 0.2) is 79.1 Å². The summed E-state index contributed by atoms with van der Waals surface area (Å²) >= 11 is 6.09. The number of amides is 1. The molecule has 1 aliphatic heterocycles. The molecule has 1 unspecified atom stereocenters. The van der Waals surface area contributed by atoms with Crippen LogP contribution in [-0.4, -0.2) is 69.3 Å². The summed E-state index contributed by atoms with van der Waals surface area (Å²) in [7, 11) is 0. The van der Waals surface area contributed by atoms with Gasteiger partial charge in [0.2, 0.25) is 5.95 Å². The number of anilines is 1. The van der Waals surface area contributed by atoms with E-state index in [1.807, 2.05) is 73.7 Å². The summed E-state index contributed by atoms with van der Waals surface area (Å²) in [5, 5.41) is 8.44. The van der Waals surface area contributed by atoms with E-state index in [9.17, 15) is 4.79 Å². The van der Waals surface area contributed by atoms with Crippen molar-refractivity contribution in [1.82, 2.24) is 30.0 Å². The minimum absolute atomic E-state index is 0.0297. The van der Waals surface area contributed by atoms with Gasteiger partial charge in [-0.15, -0.1) is 0 Å². The summed E-state index contributed by atoms with van der Waals surface area (Å²) < 4.78 is 1.80. The normalized spacial score (nSPS) is 15.0. The van der Waals surface area contributed by atoms with Crippen molar-refractivity contribution in [3.05, 3.63) is 89.8 Å². The van der Waals surface area contributed by atoms with Crippen molar-refractivity contribution in [2.75, 3.05) is 37.6 Å². The number of benzene rings is 2. The van der Waals surface area contributed by atoms with Crippen LogP contribution < -0.4 is 10.2 Å². The van der Waals surface area contributed by atoms with Gasteiger partial charge in [-0.3, -0.25) is 9.69 Å². The van der Waals surface area contributed by atoms with Crippen molar-refractivity contribution in [3.8, 4) is 16.9 Å². The average molecular weight is 502 g/mol. The average Bonchev–Trinajstić information content (AvgIpc) is 3.36. The lowest BCUT2D eigenvalue weighted by atomic mass is 10.1. The molecule has 0 bridgehead atoms. The molecule has 0 saturated carbocycles. The van der Waals surface area contributed by atoms with Gasteiger partial charge in [-0.2, -0.15) is 5.10 Å². The molecular formula is C27H28ClN7O. The third-order valence-corrected chi connectivity index (χ3v) is 6.45. The van der Waals surface area contributed by atoms with E-state index in [1.165, 1.54) is 0 Å². The molecule has 0 aliphatic carbocycles. The predicted molar refractivity (Wildman–Crippen MR) is 142 cm³/mol. The van der Waals surface area contributed by atoms with Crippen LogP contribution in [0.1, 0.15) is 17.4 Å². The second-order valence-electron chi connectivity index (χ2n) is 8.88. The minimum atomic E-state index is -0.191. The predicted octanol–water partition coefficient (Wildman–Crippen LogP) is 3.92. The molecule has 5 rings (SSSR count). The number of para-hydroxylation sites is 1. The lowest BCUT2D eigenvalue weighted by molar-refractivity contribution is 0.0922.